The van der Waals surface area contributed by atoms with Crippen LogP contribution in [0, 0.1) is 12.3 Å². The minimum Gasteiger partial charge on any atom is -0.493 e. The third-order valence-corrected chi connectivity index (χ3v) is 4.15. The molecule has 1 aromatic rings. The molecule has 1 aromatic carbocycles. The van der Waals surface area contributed by atoms with Crippen molar-refractivity contribution in [2.24, 2.45) is 0 Å². The maximum atomic E-state index is 12.6. The molecule has 0 aromatic heterocycles. The highest BCUT2D eigenvalue weighted by Gasteiger charge is 2.37. The molecule has 136 valence electrons. The Kier molecular flexibility index (Phi) is 6.20. The Balaban J connectivity index is 2.31. The van der Waals surface area contributed by atoms with Crippen LogP contribution in [0.5, 0.6) is 11.5 Å². The molecule has 7 nitrogen and oxygen atoms in total. The quantitative estimate of drug-likeness (QED) is 0.322. The Hall–Kier alpha value is -3.05. The molecule has 1 saturated heterocycles. The molecule has 1 aliphatic heterocycles. The molecule has 0 aliphatic carbocycles. The molecule has 0 N–H and O–H groups in total. The number of nitrogens with zero attached hydrogens (tertiary/aromatic N) is 2. The Labute approximate surface area is 157 Å². The normalized spacial score (nSPS) is 15.2. The fourth-order valence-electron chi connectivity index (χ4n) is 2.31. The molecular weight excluding hydrogens is 356 g/mol. The number of esters is 1. The van der Waals surface area contributed by atoms with Crippen molar-refractivity contribution in [2.45, 2.75) is 0 Å². The zero-order valence-corrected chi connectivity index (χ0v) is 15.5. The van der Waals surface area contributed by atoms with Gasteiger partial charge in [0.05, 0.1) is 14.2 Å². The molecule has 1 fully saturated rings. The lowest BCUT2D eigenvalue weighted by molar-refractivity contribution is -0.143. The van der Waals surface area contributed by atoms with Crippen LogP contribution in [-0.4, -0.2) is 61.2 Å². The van der Waals surface area contributed by atoms with E-state index in [4.69, 9.17) is 28.1 Å². The SMILES string of the molecule is C#CCOc1ccc(/C=C2/C(=O)N(CC(=O)OC)C(=S)N2C)cc1OC. The van der Waals surface area contributed by atoms with E-state index < -0.39 is 5.97 Å². The first kappa shape index (κ1) is 19.3. The van der Waals surface area contributed by atoms with Crippen LogP contribution >= 0.6 is 12.2 Å². The Morgan fingerprint density at radius 3 is 2.69 bits per heavy atom. The lowest BCUT2D eigenvalue weighted by atomic mass is 10.1. The monoisotopic (exact) mass is 374 g/mol. The van der Waals surface area contributed by atoms with Gasteiger partial charge in [0.25, 0.3) is 5.91 Å². The number of carbonyl (C=O) groups is 2. The van der Waals surface area contributed by atoms with Gasteiger partial charge in [-0.2, -0.15) is 0 Å². The first-order chi connectivity index (χ1) is 12.4. The van der Waals surface area contributed by atoms with Crippen LogP contribution in [-0.2, 0) is 14.3 Å². The number of amides is 1. The van der Waals surface area contributed by atoms with Crippen LogP contribution in [0.1, 0.15) is 5.56 Å². The molecule has 0 spiro atoms. The molecule has 26 heavy (non-hydrogen) atoms. The summed E-state index contributed by atoms with van der Waals surface area (Å²) in [6.45, 7) is -0.118. The zero-order valence-electron chi connectivity index (χ0n) is 14.6. The summed E-state index contributed by atoms with van der Waals surface area (Å²) in [5.41, 5.74) is 1.03. The number of ether oxygens (including phenoxy) is 3. The Bertz CT molecular complexity index is 812. The van der Waals surface area contributed by atoms with Gasteiger partial charge in [-0.25, -0.2) is 0 Å². The standard InChI is InChI=1S/C18H18N2O5S/c1-5-8-25-14-7-6-12(10-15(14)23-3)9-13-17(22)20(11-16(21)24-4)18(26)19(13)2/h1,6-7,9-10H,8,11H2,2-4H3/b13-9-. The van der Waals surface area contributed by atoms with Crippen molar-refractivity contribution in [3.05, 3.63) is 29.5 Å². The third kappa shape index (κ3) is 3.95. The molecule has 1 aliphatic rings. The van der Waals surface area contributed by atoms with E-state index in [1.165, 1.54) is 24.0 Å². The Morgan fingerprint density at radius 1 is 1.35 bits per heavy atom. The number of hydrogen-bond acceptors (Lipinski definition) is 6. The van der Waals surface area contributed by atoms with Crippen LogP contribution in [0.4, 0.5) is 0 Å². The fourth-order valence-corrected chi connectivity index (χ4v) is 2.56. The van der Waals surface area contributed by atoms with Gasteiger partial charge in [0.1, 0.15) is 18.8 Å². The summed E-state index contributed by atoms with van der Waals surface area (Å²) in [6, 6.07) is 5.17. The van der Waals surface area contributed by atoms with Crippen molar-refractivity contribution in [3.8, 4) is 23.8 Å². The van der Waals surface area contributed by atoms with E-state index in [-0.39, 0.29) is 24.2 Å². The number of carbonyl (C=O) groups excluding carboxylic acids is 2. The first-order valence-electron chi connectivity index (χ1n) is 7.55. The minimum absolute atomic E-state index is 0.120. The molecule has 0 bridgehead atoms. The van der Waals surface area contributed by atoms with Crippen molar-refractivity contribution in [1.82, 2.24) is 9.80 Å². The summed E-state index contributed by atoms with van der Waals surface area (Å²) in [6.07, 6.45) is 6.84. The second-order valence-corrected chi connectivity index (χ2v) is 5.61. The van der Waals surface area contributed by atoms with E-state index in [1.54, 1.807) is 31.3 Å². The predicted octanol–water partition coefficient (Wildman–Crippen LogP) is 1.28. The number of methoxy groups -OCH3 is 2. The van der Waals surface area contributed by atoms with Crippen molar-refractivity contribution in [3.63, 3.8) is 0 Å². The summed E-state index contributed by atoms with van der Waals surface area (Å²) in [5, 5.41) is 0.229. The van der Waals surface area contributed by atoms with Crippen LogP contribution in [0.25, 0.3) is 6.08 Å². The number of benzene rings is 1. The number of rotatable bonds is 6. The number of terminal acetylenes is 1. The van der Waals surface area contributed by atoms with Crippen LogP contribution in [0.3, 0.4) is 0 Å². The lowest BCUT2D eigenvalue weighted by Crippen LogP contribution is -2.36. The van der Waals surface area contributed by atoms with E-state index in [9.17, 15) is 9.59 Å². The van der Waals surface area contributed by atoms with Gasteiger partial charge < -0.3 is 19.1 Å². The van der Waals surface area contributed by atoms with Crippen LogP contribution in [0.15, 0.2) is 23.9 Å². The van der Waals surface area contributed by atoms with Gasteiger partial charge in [-0.15, -0.1) is 6.42 Å². The van der Waals surface area contributed by atoms with Crippen molar-refractivity contribution < 1.29 is 23.8 Å². The topological polar surface area (TPSA) is 68.3 Å². The molecule has 0 atom stereocenters. The highest BCUT2D eigenvalue weighted by Crippen LogP contribution is 2.30. The molecule has 8 heteroatoms. The van der Waals surface area contributed by atoms with Crippen molar-refractivity contribution in [1.29, 1.82) is 0 Å². The molecule has 2 rings (SSSR count). The Morgan fingerprint density at radius 2 is 2.08 bits per heavy atom. The van der Waals surface area contributed by atoms with Crippen molar-refractivity contribution in [2.75, 3.05) is 34.4 Å². The second-order valence-electron chi connectivity index (χ2n) is 5.24. The summed E-state index contributed by atoms with van der Waals surface area (Å²) >= 11 is 5.24. The van der Waals surface area contributed by atoms with Gasteiger partial charge >= 0.3 is 5.97 Å². The number of thiocarbonyl (C=S) groups is 1. The largest absolute Gasteiger partial charge is 0.493 e. The van der Waals surface area contributed by atoms with E-state index in [1.807, 2.05) is 0 Å². The minimum atomic E-state index is -0.549. The molecule has 0 unspecified atom stereocenters. The van der Waals surface area contributed by atoms with Gasteiger partial charge in [-0.3, -0.25) is 14.5 Å². The predicted molar refractivity (Wildman–Crippen MR) is 99.4 cm³/mol. The molecular formula is C18H18N2O5S. The number of likely N-dealkylation sites (N-methyl/N-ethyl adjacent to an activating group) is 1. The summed E-state index contributed by atoms with van der Waals surface area (Å²) in [4.78, 5) is 26.8. The fraction of sp³-hybridized carbons (Fsp3) is 0.278. The molecule has 1 heterocycles. The average molecular weight is 374 g/mol. The average Bonchev–Trinajstić information content (AvgIpc) is 2.84. The third-order valence-electron chi connectivity index (χ3n) is 3.66. The van der Waals surface area contributed by atoms with Gasteiger partial charge in [0.2, 0.25) is 0 Å². The summed E-state index contributed by atoms with van der Waals surface area (Å²) in [5.74, 6) is 2.44. The van der Waals surface area contributed by atoms with Crippen LogP contribution < -0.4 is 9.47 Å². The van der Waals surface area contributed by atoms with Crippen molar-refractivity contribution >= 4 is 35.3 Å². The molecule has 0 saturated carbocycles. The summed E-state index contributed by atoms with van der Waals surface area (Å²) in [7, 11) is 4.42. The molecule has 1 amide bonds. The van der Waals surface area contributed by atoms with Gasteiger partial charge in [-0.1, -0.05) is 12.0 Å². The zero-order chi connectivity index (χ0) is 19.3. The first-order valence-corrected chi connectivity index (χ1v) is 7.96. The smallest absolute Gasteiger partial charge is 0.325 e. The maximum absolute atomic E-state index is 12.6. The highest BCUT2D eigenvalue weighted by atomic mass is 32.1. The van der Waals surface area contributed by atoms with E-state index in [2.05, 4.69) is 10.7 Å². The van der Waals surface area contributed by atoms with Gasteiger partial charge in [-0.05, 0) is 36.0 Å². The molecule has 0 radical (unpaired) electrons. The number of hydrogen-bond donors (Lipinski definition) is 0. The van der Waals surface area contributed by atoms with E-state index >= 15 is 0 Å². The highest BCUT2D eigenvalue weighted by molar-refractivity contribution is 7.80. The van der Waals surface area contributed by atoms with Crippen LogP contribution in [0.2, 0.25) is 0 Å². The summed E-state index contributed by atoms with van der Waals surface area (Å²) < 4.78 is 15.3. The van der Waals surface area contributed by atoms with Gasteiger partial charge in [0.15, 0.2) is 16.6 Å². The maximum Gasteiger partial charge on any atom is 0.325 e. The van der Waals surface area contributed by atoms with E-state index in [0.29, 0.717) is 22.8 Å². The second kappa shape index (κ2) is 8.36. The van der Waals surface area contributed by atoms with Gasteiger partial charge in [0, 0.05) is 7.05 Å². The lowest BCUT2D eigenvalue weighted by Gasteiger charge is -2.14. The van der Waals surface area contributed by atoms with E-state index in [0.717, 1.165) is 0 Å².